The monoisotopic (exact) mass is 368 g/mol. The highest BCUT2D eigenvalue weighted by Crippen LogP contribution is 2.30. The molecule has 1 aliphatic rings. The van der Waals surface area contributed by atoms with Gasteiger partial charge in [-0.2, -0.15) is 5.10 Å². The minimum Gasteiger partial charge on any atom is -0.455 e. The summed E-state index contributed by atoms with van der Waals surface area (Å²) in [4.78, 5) is 28.6. The molecule has 3 rings (SSSR count). The van der Waals surface area contributed by atoms with Crippen LogP contribution in [-0.4, -0.2) is 28.6 Å². The average Bonchev–Trinajstić information content (AvgIpc) is 3.04. The predicted octanol–water partition coefficient (Wildman–Crippen LogP) is 2.98. The maximum absolute atomic E-state index is 12.5. The Hall–Kier alpha value is -2.96. The van der Waals surface area contributed by atoms with Crippen molar-refractivity contribution in [1.82, 2.24) is 15.7 Å². The molecule has 2 N–H and O–H groups in total. The number of fused-ring (bicyclic) bond motifs is 1. The zero-order valence-corrected chi connectivity index (χ0v) is 15.8. The Morgan fingerprint density at radius 2 is 2.00 bits per heavy atom. The van der Waals surface area contributed by atoms with Gasteiger partial charge in [-0.15, -0.1) is 0 Å². The van der Waals surface area contributed by atoms with Crippen molar-refractivity contribution in [3.63, 3.8) is 0 Å². The van der Waals surface area contributed by atoms with E-state index in [1.165, 1.54) is 0 Å². The number of hydrogen-bond donors (Lipinski definition) is 2. The molecule has 7 nitrogen and oxygen atoms in total. The molecule has 0 aromatic carbocycles. The fraction of sp³-hybridized carbons (Fsp3) is 0.400. The molecule has 2 aromatic rings. The van der Waals surface area contributed by atoms with Crippen molar-refractivity contribution >= 4 is 17.5 Å². The fourth-order valence-corrected chi connectivity index (χ4v) is 3.07. The molecule has 0 spiro atoms. The van der Waals surface area contributed by atoms with Crippen LogP contribution in [0.4, 0.5) is 0 Å². The molecule has 27 heavy (non-hydrogen) atoms. The molecule has 0 aliphatic heterocycles. The summed E-state index contributed by atoms with van der Waals surface area (Å²) in [6.45, 7) is 5.83. The summed E-state index contributed by atoms with van der Waals surface area (Å²) < 4.78 is 5.85. The van der Waals surface area contributed by atoms with Gasteiger partial charge in [-0.1, -0.05) is 6.92 Å². The highest BCUT2D eigenvalue weighted by molar-refractivity contribution is 6.07. The van der Waals surface area contributed by atoms with E-state index in [9.17, 15) is 9.59 Å². The van der Waals surface area contributed by atoms with Gasteiger partial charge in [0.1, 0.15) is 5.76 Å². The Balaban J connectivity index is 1.83. The maximum atomic E-state index is 12.5. The molecule has 0 radical (unpaired) electrons. The fourth-order valence-electron chi connectivity index (χ4n) is 3.07. The number of nitrogens with one attached hydrogen (secondary N) is 2. The first-order chi connectivity index (χ1) is 13.0. The number of nitrogens with zero attached hydrogens (tertiary/aromatic N) is 2. The Morgan fingerprint density at radius 3 is 2.70 bits per heavy atom. The van der Waals surface area contributed by atoms with Crippen molar-refractivity contribution < 1.29 is 14.0 Å². The zero-order valence-electron chi connectivity index (χ0n) is 15.8. The summed E-state index contributed by atoms with van der Waals surface area (Å²) in [5, 5.41) is 7.25. The van der Waals surface area contributed by atoms with E-state index in [2.05, 4.69) is 20.8 Å². The van der Waals surface area contributed by atoms with Crippen molar-refractivity contribution in [2.75, 3.05) is 0 Å². The topological polar surface area (TPSA) is 96.6 Å². The Morgan fingerprint density at radius 1 is 1.26 bits per heavy atom. The lowest BCUT2D eigenvalue weighted by molar-refractivity contribution is 0.0907. The van der Waals surface area contributed by atoms with Gasteiger partial charge < -0.3 is 9.73 Å². The lowest BCUT2D eigenvalue weighted by Gasteiger charge is -2.13. The summed E-state index contributed by atoms with van der Waals surface area (Å²) in [5.41, 5.74) is 5.43. The lowest BCUT2D eigenvalue weighted by atomic mass is 9.93. The predicted molar refractivity (Wildman–Crippen MR) is 102 cm³/mol. The van der Waals surface area contributed by atoms with Crippen LogP contribution in [-0.2, 0) is 6.42 Å². The van der Waals surface area contributed by atoms with Crippen molar-refractivity contribution in [2.24, 2.45) is 5.10 Å². The number of hydrazone groups is 1. The summed E-state index contributed by atoms with van der Waals surface area (Å²) >= 11 is 0. The van der Waals surface area contributed by atoms with Crippen molar-refractivity contribution in [3.05, 3.63) is 52.7 Å². The van der Waals surface area contributed by atoms with Crippen LogP contribution in [0.1, 0.15) is 70.9 Å². The van der Waals surface area contributed by atoms with Gasteiger partial charge in [-0.05, 0) is 45.2 Å². The molecule has 2 heterocycles. The normalized spacial score (nSPS) is 15.9. The Bertz CT molecular complexity index is 871. The first-order valence-electron chi connectivity index (χ1n) is 9.21. The number of carbonyl (C=O) groups is 2. The number of carbonyl (C=O) groups excluding carboxylic acids is 2. The van der Waals surface area contributed by atoms with Crippen LogP contribution in [0.2, 0.25) is 0 Å². The third-order valence-corrected chi connectivity index (χ3v) is 4.76. The smallest absolute Gasteiger partial charge is 0.287 e. The number of pyridine rings is 1. The van der Waals surface area contributed by atoms with Crippen LogP contribution in [0.15, 0.2) is 34.0 Å². The molecule has 2 amide bonds. The molecule has 7 heteroatoms. The quantitative estimate of drug-likeness (QED) is 0.793. The number of furan rings is 1. The number of aromatic nitrogens is 1. The summed E-state index contributed by atoms with van der Waals surface area (Å²) in [6.07, 6.45) is 6.29. The largest absolute Gasteiger partial charge is 0.455 e. The summed E-state index contributed by atoms with van der Waals surface area (Å²) in [5.74, 6) is 0.574. The second-order valence-corrected chi connectivity index (χ2v) is 6.73. The first-order valence-corrected chi connectivity index (χ1v) is 9.21. The van der Waals surface area contributed by atoms with Crippen LogP contribution in [0.3, 0.4) is 0 Å². The standard InChI is InChI=1S/C20H24N4O3/c1-4-12(2)22-20(26)18-13(3)17-15(6-5-7-16(17)27-18)23-24-19(25)14-8-10-21-11-9-14/h8-12H,4-7H2,1-3H3,(H,22,26)(H,24,25)/b23-15+. The Kier molecular flexibility index (Phi) is 5.69. The average molecular weight is 368 g/mol. The van der Waals surface area contributed by atoms with Gasteiger partial charge >= 0.3 is 0 Å². The van der Waals surface area contributed by atoms with E-state index in [0.717, 1.165) is 48.3 Å². The minimum atomic E-state index is -0.298. The van der Waals surface area contributed by atoms with Gasteiger partial charge in [0.15, 0.2) is 5.76 Å². The van der Waals surface area contributed by atoms with Gasteiger partial charge in [0, 0.05) is 41.5 Å². The Labute approximate surface area is 158 Å². The van der Waals surface area contributed by atoms with Crippen molar-refractivity contribution in [1.29, 1.82) is 0 Å². The van der Waals surface area contributed by atoms with Gasteiger partial charge in [0.2, 0.25) is 0 Å². The molecule has 1 unspecified atom stereocenters. The number of hydrogen-bond acceptors (Lipinski definition) is 5. The van der Waals surface area contributed by atoms with Gasteiger partial charge in [0.05, 0.1) is 5.71 Å². The van der Waals surface area contributed by atoms with E-state index < -0.39 is 0 Å². The third kappa shape index (κ3) is 4.07. The molecule has 142 valence electrons. The molecule has 1 atom stereocenters. The molecular weight excluding hydrogens is 344 g/mol. The van der Waals surface area contributed by atoms with E-state index in [1.807, 2.05) is 20.8 Å². The molecule has 0 bridgehead atoms. The van der Waals surface area contributed by atoms with Crippen molar-refractivity contribution in [3.8, 4) is 0 Å². The summed E-state index contributed by atoms with van der Waals surface area (Å²) in [6, 6.07) is 3.33. The maximum Gasteiger partial charge on any atom is 0.287 e. The van der Waals surface area contributed by atoms with E-state index in [1.54, 1.807) is 24.5 Å². The third-order valence-electron chi connectivity index (χ3n) is 4.76. The van der Waals surface area contributed by atoms with E-state index in [0.29, 0.717) is 11.3 Å². The van der Waals surface area contributed by atoms with Gasteiger partial charge in [-0.25, -0.2) is 5.43 Å². The SMILES string of the molecule is CCC(C)NC(=O)c1oc2c(c1C)/C(=N/NC(=O)c1ccncc1)CCC2. The number of aryl methyl sites for hydroxylation is 1. The molecule has 0 saturated carbocycles. The van der Waals surface area contributed by atoms with E-state index in [-0.39, 0.29) is 17.9 Å². The molecular formula is C20H24N4O3. The molecule has 0 fully saturated rings. The minimum absolute atomic E-state index is 0.0758. The molecule has 1 aliphatic carbocycles. The lowest BCUT2D eigenvalue weighted by Crippen LogP contribution is -2.32. The van der Waals surface area contributed by atoms with Crippen molar-refractivity contribution in [2.45, 2.75) is 52.5 Å². The second kappa shape index (κ2) is 8.16. The van der Waals surface area contributed by atoms with Crippen LogP contribution in [0.5, 0.6) is 0 Å². The van der Waals surface area contributed by atoms with Crippen LogP contribution in [0.25, 0.3) is 0 Å². The van der Waals surface area contributed by atoms with Crippen LogP contribution < -0.4 is 10.7 Å². The first kappa shape index (κ1) is 18.8. The summed E-state index contributed by atoms with van der Waals surface area (Å²) in [7, 11) is 0. The van der Waals surface area contributed by atoms with E-state index >= 15 is 0 Å². The van der Waals surface area contributed by atoms with Gasteiger partial charge in [-0.3, -0.25) is 14.6 Å². The van der Waals surface area contributed by atoms with Crippen LogP contribution in [0, 0.1) is 6.92 Å². The van der Waals surface area contributed by atoms with E-state index in [4.69, 9.17) is 4.42 Å². The second-order valence-electron chi connectivity index (χ2n) is 6.73. The van der Waals surface area contributed by atoms with Crippen LogP contribution >= 0.6 is 0 Å². The molecule has 2 aromatic heterocycles. The highest BCUT2D eigenvalue weighted by Gasteiger charge is 2.28. The zero-order chi connectivity index (χ0) is 19.4. The number of rotatable bonds is 5. The van der Waals surface area contributed by atoms with Gasteiger partial charge in [0.25, 0.3) is 11.8 Å². The number of amides is 2. The highest BCUT2D eigenvalue weighted by atomic mass is 16.4. The molecule has 0 saturated heterocycles.